The number of benzene rings is 2. The van der Waals surface area contributed by atoms with Crippen molar-refractivity contribution in [2.45, 2.75) is 38.1 Å². The van der Waals surface area contributed by atoms with E-state index in [1.165, 1.54) is 6.07 Å². The summed E-state index contributed by atoms with van der Waals surface area (Å²) in [5.74, 6) is 1.35. The lowest BCUT2D eigenvalue weighted by Crippen LogP contribution is -2.47. The number of aromatic amines is 1. The number of imidazole rings is 1. The second kappa shape index (κ2) is 8.79. The highest BCUT2D eigenvalue weighted by Crippen LogP contribution is 2.29. The number of fused-ring (bicyclic) bond motifs is 1. The maximum atomic E-state index is 13.5. The van der Waals surface area contributed by atoms with Gasteiger partial charge in [-0.3, -0.25) is 9.69 Å². The molecule has 1 N–H and O–H groups in total. The fourth-order valence-electron chi connectivity index (χ4n) is 5.12. The van der Waals surface area contributed by atoms with Crippen molar-refractivity contribution in [3.63, 3.8) is 0 Å². The van der Waals surface area contributed by atoms with E-state index in [1.54, 1.807) is 12.1 Å². The van der Waals surface area contributed by atoms with Crippen molar-refractivity contribution in [1.29, 1.82) is 0 Å². The number of H-pyrrole nitrogens is 1. The average molecular weight is 421 g/mol. The predicted octanol–water partition coefficient (Wildman–Crippen LogP) is 4.32. The molecule has 2 aliphatic heterocycles. The van der Waals surface area contributed by atoms with Crippen LogP contribution in [0.5, 0.6) is 0 Å². The summed E-state index contributed by atoms with van der Waals surface area (Å²) >= 11 is 0. The summed E-state index contributed by atoms with van der Waals surface area (Å²) < 4.78 is 13.5. The summed E-state index contributed by atoms with van der Waals surface area (Å²) in [6.07, 6.45) is 4.00. The molecule has 0 spiro atoms. The van der Waals surface area contributed by atoms with Crippen LogP contribution < -0.4 is 0 Å². The van der Waals surface area contributed by atoms with E-state index in [0.29, 0.717) is 6.54 Å². The summed E-state index contributed by atoms with van der Waals surface area (Å²) in [5.41, 5.74) is 3.01. The second-order valence-corrected chi connectivity index (χ2v) is 8.97. The molecule has 2 aromatic carbocycles. The Hall–Kier alpha value is -2.73. The van der Waals surface area contributed by atoms with E-state index in [9.17, 15) is 9.18 Å². The molecule has 1 aromatic heterocycles. The third-order valence-corrected chi connectivity index (χ3v) is 6.68. The van der Waals surface area contributed by atoms with Crippen LogP contribution >= 0.6 is 0 Å². The monoisotopic (exact) mass is 420 g/mol. The number of aromatic nitrogens is 2. The second-order valence-electron chi connectivity index (χ2n) is 8.97. The van der Waals surface area contributed by atoms with E-state index >= 15 is 0 Å². The van der Waals surface area contributed by atoms with Crippen LogP contribution in [0.2, 0.25) is 0 Å². The highest BCUT2D eigenvalue weighted by molar-refractivity contribution is 5.79. The van der Waals surface area contributed by atoms with Gasteiger partial charge in [-0.2, -0.15) is 0 Å². The minimum atomic E-state index is -0.202. The average Bonchev–Trinajstić information content (AvgIpc) is 3.23. The van der Waals surface area contributed by atoms with Crippen LogP contribution in [-0.2, 0) is 11.3 Å². The van der Waals surface area contributed by atoms with Crippen molar-refractivity contribution in [3.05, 3.63) is 65.7 Å². The normalized spacial score (nSPS) is 22.7. The first-order valence-corrected chi connectivity index (χ1v) is 11.4. The number of halogens is 1. The highest BCUT2D eigenvalue weighted by Gasteiger charge is 2.33. The number of nitrogens with one attached hydrogen (secondary N) is 1. The molecule has 162 valence electrons. The van der Waals surface area contributed by atoms with Gasteiger partial charge in [0.2, 0.25) is 5.91 Å². The Bertz CT molecular complexity index is 1030. The molecule has 31 heavy (non-hydrogen) atoms. The molecule has 0 bridgehead atoms. The molecule has 5 rings (SSSR count). The molecular formula is C25H29FN4O. The quantitative estimate of drug-likeness (QED) is 0.684. The van der Waals surface area contributed by atoms with Crippen LogP contribution in [-0.4, -0.2) is 51.9 Å². The van der Waals surface area contributed by atoms with E-state index in [-0.39, 0.29) is 23.6 Å². The Morgan fingerprint density at radius 2 is 1.94 bits per heavy atom. The number of hydrogen-bond donors (Lipinski definition) is 1. The predicted molar refractivity (Wildman–Crippen MR) is 119 cm³/mol. The van der Waals surface area contributed by atoms with Gasteiger partial charge in [-0.05, 0) is 62.1 Å². The Kier molecular flexibility index (Phi) is 5.72. The summed E-state index contributed by atoms with van der Waals surface area (Å²) in [6, 6.07) is 14.9. The molecule has 2 atom stereocenters. The van der Waals surface area contributed by atoms with Crippen LogP contribution in [0.15, 0.2) is 48.5 Å². The van der Waals surface area contributed by atoms with E-state index in [1.807, 2.05) is 30.3 Å². The van der Waals surface area contributed by atoms with Crippen LogP contribution in [0.4, 0.5) is 4.39 Å². The third kappa shape index (κ3) is 4.49. The topological polar surface area (TPSA) is 52.2 Å². The first-order valence-electron chi connectivity index (χ1n) is 11.4. The number of piperidine rings is 2. The Balaban J connectivity index is 1.23. The van der Waals surface area contributed by atoms with Crippen molar-refractivity contribution < 1.29 is 9.18 Å². The summed E-state index contributed by atoms with van der Waals surface area (Å²) in [6.45, 7) is 3.97. The zero-order chi connectivity index (χ0) is 21.2. The molecule has 0 aliphatic carbocycles. The van der Waals surface area contributed by atoms with Crippen LogP contribution in [0.3, 0.4) is 0 Å². The minimum Gasteiger partial charge on any atom is -0.342 e. The first-order chi connectivity index (χ1) is 15.2. The molecule has 2 fully saturated rings. The number of carbonyl (C=O) groups is 1. The zero-order valence-electron chi connectivity index (χ0n) is 17.8. The largest absolute Gasteiger partial charge is 0.342 e. The van der Waals surface area contributed by atoms with Gasteiger partial charge >= 0.3 is 0 Å². The molecule has 5 nitrogen and oxygen atoms in total. The van der Waals surface area contributed by atoms with Gasteiger partial charge in [0, 0.05) is 32.1 Å². The molecule has 2 aliphatic rings. The number of amides is 1. The van der Waals surface area contributed by atoms with Gasteiger partial charge < -0.3 is 9.88 Å². The molecule has 2 saturated heterocycles. The smallest absolute Gasteiger partial charge is 0.226 e. The lowest BCUT2D eigenvalue weighted by Gasteiger charge is -2.38. The third-order valence-electron chi connectivity index (χ3n) is 6.68. The van der Waals surface area contributed by atoms with E-state index in [4.69, 9.17) is 4.98 Å². The van der Waals surface area contributed by atoms with Crippen molar-refractivity contribution in [2.75, 3.05) is 26.2 Å². The Labute approximate surface area is 182 Å². The summed E-state index contributed by atoms with van der Waals surface area (Å²) in [4.78, 5) is 25.9. The number of hydrogen-bond acceptors (Lipinski definition) is 3. The van der Waals surface area contributed by atoms with Crippen LogP contribution in [0, 0.1) is 11.7 Å². The molecule has 0 radical (unpaired) electrons. The molecule has 1 amide bonds. The van der Waals surface area contributed by atoms with Crippen LogP contribution in [0.25, 0.3) is 11.0 Å². The van der Waals surface area contributed by atoms with E-state index in [0.717, 1.165) is 74.3 Å². The fraction of sp³-hybridized carbons (Fsp3) is 0.440. The fourth-order valence-corrected chi connectivity index (χ4v) is 5.12. The standard InChI is InChI=1S/C25H29FN4O/c26-21-9-3-6-18(14-21)15-29-12-4-8-20(16-29)25(31)30-13-5-7-19(17-30)24-27-22-10-1-2-11-23(22)28-24/h1-3,6,9-11,14,19-20H,4-5,7-8,12-13,15-17H2,(H,27,28). The number of rotatable bonds is 4. The van der Waals surface area contributed by atoms with Crippen molar-refractivity contribution in [1.82, 2.24) is 19.8 Å². The number of nitrogens with zero attached hydrogens (tertiary/aromatic N) is 3. The molecule has 6 heteroatoms. The lowest BCUT2D eigenvalue weighted by molar-refractivity contribution is -0.138. The lowest BCUT2D eigenvalue weighted by atomic mass is 9.92. The maximum absolute atomic E-state index is 13.5. The molecule has 3 aromatic rings. The Morgan fingerprint density at radius 3 is 2.81 bits per heavy atom. The number of para-hydroxylation sites is 2. The molecule has 2 unspecified atom stereocenters. The van der Waals surface area contributed by atoms with Gasteiger partial charge in [-0.1, -0.05) is 24.3 Å². The summed E-state index contributed by atoms with van der Waals surface area (Å²) in [7, 11) is 0. The van der Waals surface area contributed by atoms with Crippen molar-refractivity contribution in [2.24, 2.45) is 5.92 Å². The molecular weight excluding hydrogens is 391 g/mol. The van der Waals surface area contributed by atoms with Gasteiger partial charge in [-0.25, -0.2) is 9.37 Å². The van der Waals surface area contributed by atoms with Gasteiger partial charge in [0.15, 0.2) is 0 Å². The van der Waals surface area contributed by atoms with Crippen molar-refractivity contribution >= 4 is 16.9 Å². The van der Waals surface area contributed by atoms with Gasteiger partial charge in [0.25, 0.3) is 0 Å². The first kappa shape index (κ1) is 20.2. The van der Waals surface area contributed by atoms with Gasteiger partial charge in [-0.15, -0.1) is 0 Å². The molecule has 0 saturated carbocycles. The van der Waals surface area contributed by atoms with Crippen molar-refractivity contribution in [3.8, 4) is 0 Å². The number of likely N-dealkylation sites (tertiary alicyclic amines) is 2. The SMILES string of the molecule is O=C(C1CCCN(Cc2cccc(F)c2)C1)N1CCCC(c2nc3ccccc3[nH]2)C1. The van der Waals surface area contributed by atoms with E-state index in [2.05, 4.69) is 14.8 Å². The van der Waals surface area contributed by atoms with Crippen LogP contribution in [0.1, 0.15) is 43.0 Å². The molecule has 3 heterocycles. The zero-order valence-corrected chi connectivity index (χ0v) is 17.8. The maximum Gasteiger partial charge on any atom is 0.226 e. The highest BCUT2D eigenvalue weighted by atomic mass is 19.1. The van der Waals surface area contributed by atoms with E-state index < -0.39 is 0 Å². The minimum absolute atomic E-state index is 0.0248. The Morgan fingerprint density at radius 1 is 1.06 bits per heavy atom. The number of carbonyl (C=O) groups excluding carboxylic acids is 1. The van der Waals surface area contributed by atoms with Gasteiger partial charge in [0.1, 0.15) is 11.6 Å². The van der Waals surface area contributed by atoms with Gasteiger partial charge in [0.05, 0.1) is 17.0 Å². The summed E-state index contributed by atoms with van der Waals surface area (Å²) in [5, 5.41) is 0.